The number of nitrogens with one attached hydrogen (secondary N) is 1. The lowest BCUT2D eigenvalue weighted by molar-refractivity contribution is 0.0827. The molecule has 4 heteroatoms. The van der Waals surface area contributed by atoms with E-state index in [-0.39, 0.29) is 0 Å². The molecule has 22 heavy (non-hydrogen) atoms. The second-order valence-corrected chi connectivity index (χ2v) is 5.02. The van der Waals surface area contributed by atoms with Crippen LogP contribution in [0.15, 0.2) is 23.2 Å². The van der Waals surface area contributed by atoms with Gasteiger partial charge in [-0.25, -0.2) is 0 Å². The molecule has 1 heterocycles. The maximum absolute atomic E-state index is 10.5. The molecule has 1 aromatic carbocycles. The number of carbonyl (C=O) groups is 1. The fraction of sp³-hybridized carbons (Fsp3) is 0.444. The maximum atomic E-state index is 10.5. The fourth-order valence-electron chi connectivity index (χ4n) is 2.22. The Morgan fingerprint density at radius 1 is 1.18 bits per heavy atom. The van der Waals surface area contributed by atoms with E-state index in [0.29, 0.717) is 6.04 Å². The molecule has 0 radical (unpaired) electrons. The van der Waals surface area contributed by atoms with E-state index >= 15 is 0 Å². The van der Waals surface area contributed by atoms with Crippen molar-refractivity contribution >= 4 is 24.8 Å². The number of rotatable bonds is 3. The van der Waals surface area contributed by atoms with Crippen LogP contribution in [0.2, 0.25) is 0 Å². The first-order valence-electron chi connectivity index (χ1n) is 7.67. The molecule has 0 saturated carbocycles. The highest BCUT2D eigenvalue weighted by atomic mass is 16.5. The normalized spacial score (nSPS) is 17.2. The second-order valence-electron chi connectivity index (χ2n) is 5.02. The van der Waals surface area contributed by atoms with Gasteiger partial charge in [-0.2, -0.15) is 0 Å². The Labute approximate surface area is 132 Å². The molecule has 0 atom stereocenters. The fourth-order valence-corrected chi connectivity index (χ4v) is 2.22. The third kappa shape index (κ3) is 6.22. The van der Waals surface area contributed by atoms with Crippen LogP contribution in [-0.2, 0) is 4.74 Å². The summed E-state index contributed by atoms with van der Waals surface area (Å²) in [4.78, 5) is 14.3. The standard InChI is InChI=1S/C11H12O.C7H14N2O/c1-3-10-6-5-9(8-12)7-11(10)4-2;1-8-6-9-7-2-4-10-5-3-7/h3-8H,1-2H3;6-7H,2-5H2,1H3,(H,8,9)/b10-3-,11-4-;. The first kappa shape index (κ1) is 18.1. The average Bonchev–Trinajstić information content (AvgIpc) is 2.60. The first-order chi connectivity index (χ1) is 10.7. The summed E-state index contributed by atoms with van der Waals surface area (Å²) < 4.78 is 5.20. The highest BCUT2D eigenvalue weighted by Gasteiger charge is 2.10. The zero-order chi connectivity index (χ0) is 16.2. The Morgan fingerprint density at radius 3 is 2.41 bits per heavy atom. The van der Waals surface area contributed by atoms with Crippen molar-refractivity contribution < 1.29 is 9.53 Å². The summed E-state index contributed by atoms with van der Waals surface area (Å²) in [6, 6.07) is 6.26. The van der Waals surface area contributed by atoms with Gasteiger partial charge in [0.25, 0.3) is 0 Å². The molecule has 1 aliphatic heterocycles. The van der Waals surface area contributed by atoms with Crippen LogP contribution in [0.25, 0.3) is 12.2 Å². The van der Waals surface area contributed by atoms with Crippen molar-refractivity contribution in [3.05, 3.63) is 34.2 Å². The number of carbonyl (C=O) groups excluding carboxylic acids is 1. The minimum Gasteiger partial charge on any atom is -0.381 e. The largest absolute Gasteiger partial charge is 0.381 e. The van der Waals surface area contributed by atoms with E-state index in [1.165, 1.54) is 5.22 Å². The van der Waals surface area contributed by atoms with Gasteiger partial charge in [0.2, 0.25) is 0 Å². The molecular weight excluding hydrogens is 276 g/mol. The topological polar surface area (TPSA) is 50.7 Å². The summed E-state index contributed by atoms with van der Waals surface area (Å²) in [6.07, 6.45) is 8.87. The summed E-state index contributed by atoms with van der Waals surface area (Å²) in [7, 11) is 1.77. The van der Waals surface area contributed by atoms with Crippen molar-refractivity contribution in [1.82, 2.24) is 5.32 Å². The molecule has 0 spiro atoms. The predicted molar refractivity (Wildman–Crippen MR) is 92.8 cm³/mol. The van der Waals surface area contributed by atoms with E-state index in [9.17, 15) is 4.79 Å². The number of hydrogen-bond donors (Lipinski definition) is 1. The number of aldehydes is 1. The lowest BCUT2D eigenvalue weighted by Crippen LogP contribution is -2.33. The Kier molecular flexibility index (Phi) is 8.84. The van der Waals surface area contributed by atoms with E-state index in [0.717, 1.165) is 43.1 Å². The summed E-state index contributed by atoms with van der Waals surface area (Å²) in [5.41, 5.74) is 0.730. The smallest absolute Gasteiger partial charge is 0.150 e. The zero-order valence-corrected chi connectivity index (χ0v) is 13.7. The second kappa shape index (κ2) is 10.7. The molecule has 120 valence electrons. The molecule has 1 fully saturated rings. The lowest BCUT2D eigenvalue weighted by atomic mass is 10.1. The monoisotopic (exact) mass is 302 g/mol. The number of benzene rings is 1. The summed E-state index contributed by atoms with van der Waals surface area (Å²) in [6.45, 7) is 5.73. The van der Waals surface area contributed by atoms with Gasteiger partial charge in [-0.15, -0.1) is 0 Å². The number of nitrogens with zero attached hydrogens (tertiary/aromatic N) is 1. The Bertz CT molecular complexity index is 588. The molecule has 1 N–H and O–H groups in total. The Balaban J connectivity index is 0.000000224. The van der Waals surface area contributed by atoms with Gasteiger partial charge >= 0.3 is 0 Å². The molecule has 0 aliphatic carbocycles. The van der Waals surface area contributed by atoms with Gasteiger partial charge in [0.15, 0.2) is 0 Å². The van der Waals surface area contributed by atoms with Gasteiger partial charge in [-0.3, -0.25) is 9.79 Å². The number of hydrogen-bond acceptors (Lipinski definition) is 3. The van der Waals surface area contributed by atoms with Gasteiger partial charge in [0.1, 0.15) is 6.29 Å². The molecule has 4 nitrogen and oxygen atoms in total. The van der Waals surface area contributed by atoms with E-state index in [2.05, 4.69) is 10.3 Å². The van der Waals surface area contributed by atoms with Crippen LogP contribution in [0, 0.1) is 0 Å². The highest BCUT2D eigenvalue weighted by Crippen LogP contribution is 2.04. The maximum Gasteiger partial charge on any atom is 0.150 e. The summed E-state index contributed by atoms with van der Waals surface area (Å²) in [5, 5.41) is 5.48. The van der Waals surface area contributed by atoms with Gasteiger partial charge in [-0.05, 0) is 43.2 Å². The molecule has 0 unspecified atom stereocenters. The molecule has 0 amide bonds. The van der Waals surface area contributed by atoms with Crippen molar-refractivity contribution in [3.63, 3.8) is 0 Å². The first-order valence-corrected chi connectivity index (χ1v) is 7.67. The van der Waals surface area contributed by atoms with Crippen molar-refractivity contribution in [2.75, 3.05) is 20.3 Å². The third-order valence-electron chi connectivity index (χ3n) is 3.53. The van der Waals surface area contributed by atoms with Crippen LogP contribution in [0.4, 0.5) is 0 Å². The van der Waals surface area contributed by atoms with Crippen molar-refractivity contribution in [1.29, 1.82) is 0 Å². The number of aliphatic imine (C=N–C) groups is 1. The van der Waals surface area contributed by atoms with Gasteiger partial charge in [-0.1, -0.05) is 24.3 Å². The van der Waals surface area contributed by atoms with Crippen molar-refractivity contribution in [3.8, 4) is 0 Å². The molecule has 1 aliphatic rings. The molecule has 0 bridgehead atoms. The molecule has 1 aromatic rings. The quantitative estimate of drug-likeness (QED) is 0.523. The summed E-state index contributed by atoms with van der Waals surface area (Å²) in [5.74, 6) is 0. The van der Waals surface area contributed by atoms with Crippen LogP contribution in [0.3, 0.4) is 0 Å². The van der Waals surface area contributed by atoms with Gasteiger partial charge in [0.05, 0.1) is 6.34 Å². The van der Waals surface area contributed by atoms with Crippen LogP contribution >= 0.6 is 0 Å². The van der Waals surface area contributed by atoms with Gasteiger partial charge in [0, 0.05) is 31.9 Å². The van der Waals surface area contributed by atoms with E-state index in [1.54, 1.807) is 13.4 Å². The van der Waals surface area contributed by atoms with Crippen LogP contribution < -0.4 is 15.8 Å². The minimum absolute atomic E-state index is 0.581. The molecule has 1 saturated heterocycles. The lowest BCUT2D eigenvalue weighted by Gasteiger charge is -2.21. The van der Waals surface area contributed by atoms with Crippen LogP contribution in [0.1, 0.15) is 37.0 Å². The molecular formula is C18H26N2O2. The third-order valence-corrected chi connectivity index (χ3v) is 3.53. The molecule has 0 aromatic heterocycles. The summed E-state index contributed by atoms with van der Waals surface area (Å²) >= 11 is 0. The van der Waals surface area contributed by atoms with Crippen LogP contribution in [0.5, 0.6) is 0 Å². The SMILES string of the molecule is C/C=c1/ccc(C=O)c/c1=C/C.CN=CNC1CCOCC1. The van der Waals surface area contributed by atoms with E-state index < -0.39 is 0 Å². The van der Waals surface area contributed by atoms with Crippen molar-refractivity contribution in [2.45, 2.75) is 32.7 Å². The Morgan fingerprint density at radius 2 is 1.86 bits per heavy atom. The van der Waals surface area contributed by atoms with Gasteiger partial charge < -0.3 is 10.1 Å². The van der Waals surface area contributed by atoms with E-state index in [4.69, 9.17) is 4.74 Å². The van der Waals surface area contributed by atoms with E-state index in [1.807, 2.05) is 44.2 Å². The highest BCUT2D eigenvalue weighted by molar-refractivity contribution is 5.74. The molecule has 2 rings (SSSR count). The Hall–Kier alpha value is -1.94. The van der Waals surface area contributed by atoms with Crippen molar-refractivity contribution in [2.24, 2.45) is 4.99 Å². The predicted octanol–water partition coefficient (Wildman–Crippen LogP) is 1.51. The minimum atomic E-state index is 0.581. The zero-order valence-electron chi connectivity index (χ0n) is 13.7. The van der Waals surface area contributed by atoms with Crippen LogP contribution in [-0.4, -0.2) is 38.9 Å². The number of ether oxygens (including phenoxy) is 1. The average molecular weight is 302 g/mol.